The molecule has 0 fully saturated rings. The second-order valence-electron chi connectivity index (χ2n) is 2.96. The van der Waals surface area contributed by atoms with Gasteiger partial charge in [0, 0.05) is 12.6 Å². The van der Waals surface area contributed by atoms with E-state index < -0.39 is 17.8 Å². The first-order valence-electron chi connectivity index (χ1n) is 4.50. The third kappa shape index (κ3) is 4.51. The minimum atomic E-state index is -4.54. The van der Waals surface area contributed by atoms with Gasteiger partial charge in [-0.15, -0.1) is 0 Å². The minimum absolute atomic E-state index is 0.0366. The van der Waals surface area contributed by atoms with Gasteiger partial charge in [-0.25, -0.2) is 9.97 Å². The lowest BCUT2D eigenvalue weighted by atomic mass is 10.3. The first-order valence-corrected chi connectivity index (χ1v) is 4.50. The van der Waals surface area contributed by atoms with Crippen molar-refractivity contribution in [2.45, 2.75) is 19.0 Å². The number of alkyl halides is 3. The summed E-state index contributed by atoms with van der Waals surface area (Å²) >= 11 is 0. The van der Waals surface area contributed by atoms with Crippen LogP contribution in [0.15, 0.2) is 12.3 Å². The highest BCUT2D eigenvalue weighted by atomic mass is 19.4. The molecule has 4 nitrogen and oxygen atoms in total. The van der Waals surface area contributed by atoms with E-state index in [1.807, 2.05) is 0 Å². The Morgan fingerprint density at radius 2 is 2.18 bits per heavy atom. The number of carbonyl (C=O) groups is 1. The molecule has 0 aromatic carbocycles. The van der Waals surface area contributed by atoms with Gasteiger partial charge in [0.1, 0.15) is 5.69 Å². The summed E-state index contributed by atoms with van der Waals surface area (Å²) < 4.78 is 36.7. The number of hydrogen-bond donors (Lipinski definition) is 1. The molecular weight excluding hydrogens is 237 g/mol. The molecule has 0 atom stereocenters. The summed E-state index contributed by atoms with van der Waals surface area (Å²) in [7, 11) is 0. The Hall–Kier alpha value is -2.10. The van der Waals surface area contributed by atoms with Crippen molar-refractivity contribution < 1.29 is 23.1 Å². The van der Waals surface area contributed by atoms with Crippen molar-refractivity contribution in [2.75, 3.05) is 0 Å². The van der Waals surface area contributed by atoms with Crippen LogP contribution in [0.1, 0.15) is 24.4 Å². The van der Waals surface area contributed by atoms with Crippen molar-refractivity contribution in [2.24, 2.45) is 0 Å². The van der Waals surface area contributed by atoms with Crippen molar-refractivity contribution in [1.29, 1.82) is 0 Å². The molecule has 90 valence electrons. The maximum absolute atomic E-state index is 12.2. The largest absolute Gasteiger partial charge is 0.481 e. The highest BCUT2D eigenvalue weighted by Gasteiger charge is 2.32. The predicted octanol–water partition coefficient (Wildman–Crippen LogP) is 1.71. The molecule has 0 spiro atoms. The van der Waals surface area contributed by atoms with Crippen LogP contribution in [0.5, 0.6) is 0 Å². The second kappa shape index (κ2) is 5.30. The van der Waals surface area contributed by atoms with E-state index in [1.165, 1.54) is 0 Å². The van der Waals surface area contributed by atoms with Crippen LogP contribution < -0.4 is 0 Å². The van der Waals surface area contributed by atoms with Crippen LogP contribution >= 0.6 is 0 Å². The molecule has 0 amide bonds. The van der Waals surface area contributed by atoms with Gasteiger partial charge in [-0.2, -0.15) is 13.2 Å². The van der Waals surface area contributed by atoms with Crippen molar-refractivity contribution in [3.63, 3.8) is 0 Å². The fourth-order valence-electron chi connectivity index (χ4n) is 0.888. The maximum atomic E-state index is 12.2. The maximum Gasteiger partial charge on any atom is 0.433 e. The number of halogens is 3. The number of hydrogen-bond acceptors (Lipinski definition) is 3. The average molecular weight is 244 g/mol. The molecule has 17 heavy (non-hydrogen) atoms. The Kier molecular flexibility index (Phi) is 4.04. The van der Waals surface area contributed by atoms with Crippen LogP contribution in [0, 0.1) is 11.8 Å². The quantitative estimate of drug-likeness (QED) is 0.804. The minimum Gasteiger partial charge on any atom is -0.481 e. The van der Waals surface area contributed by atoms with E-state index in [9.17, 15) is 18.0 Å². The van der Waals surface area contributed by atoms with Crippen molar-refractivity contribution in [1.82, 2.24) is 9.97 Å². The number of aliphatic carboxylic acids is 1. The van der Waals surface area contributed by atoms with E-state index >= 15 is 0 Å². The van der Waals surface area contributed by atoms with Gasteiger partial charge in [0.15, 0.2) is 0 Å². The molecule has 0 saturated carbocycles. The lowest BCUT2D eigenvalue weighted by Crippen LogP contribution is -2.09. The van der Waals surface area contributed by atoms with Crippen LogP contribution in [0.3, 0.4) is 0 Å². The van der Waals surface area contributed by atoms with E-state index in [4.69, 9.17) is 5.11 Å². The Bertz CT molecular complexity index is 474. The zero-order valence-corrected chi connectivity index (χ0v) is 8.45. The molecule has 1 aromatic rings. The summed E-state index contributed by atoms with van der Waals surface area (Å²) in [4.78, 5) is 16.9. The molecule has 1 rings (SSSR count). The molecule has 0 aliphatic rings. The number of aromatic nitrogens is 2. The molecule has 1 N–H and O–H groups in total. The lowest BCUT2D eigenvalue weighted by molar-refractivity contribution is -0.141. The third-order valence-corrected chi connectivity index (χ3v) is 1.61. The Balaban J connectivity index is 2.76. The Morgan fingerprint density at radius 1 is 1.47 bits per heavy atom. The Morgan fingerprint density at radius 3 is 2.76 bits per heavy atom. The highest BCUT2D eigenvalue weighted by Crippen LogP contribution is 2.26. The first kappa shape index (κ1) is 13.0. The lowest BCUT2D eigenvalue weighted by Gasteiger charge is -2.03. The summed E-state index contributed by atoms with van der Waals surface area (Å²) in [6.07, 6.45) is -3.72. The summed E-state index contributed by atoms with van der Waals surface area (Å²) in [5.41, 5.74) is -1.07. The normalized spacial score (nSPS) is 10.5. The van der Waals surface area contributed by atoms with Crippen molar-refractivity contribution in [3.8, 4) is 11.8 Å². The predicted molar refractivity (Wildman–Crippen MR) is 50.8 cm³/mol. The molecule has 0 aliphatic carbocycles. The Labute approximate surface area is 94.5 Å². The van der Waals surface area contributed by atoms with E-state index in [0.717, 1.165) is 12.3 Å². The topological polar surface area (TPSA) is 63.1 Å². The van der Waals surface area contributed by atoms with Crippen molar-refractivity contribution in [3.05, 3.63) is 23.8 Å². The first-order chi connectivity index (χ1) is 7.89. The summed E-state index contributed by atoms with van der Waals surface area (Å²) in [5, 5.41) is 8.31. The molecule has 1 aromatic heterocycles. The number of carboxylic acid groups (broad SMARTS) is 1. The number of carboxylic acids is 1. The van der Waals surface area contributed by atoms with E-state index in [-0.39, 0.29) is 18.7 Å². The molecule has 0 saturated heterocycles. The van der Waals surface area contributed by atoms with E-state index in [2.05, 4.69) is 21.8 Å². The fraction of sp³-hybridized carbons (Fsp3) is 0.300. The smallest absolute Gasteiger partial charge is 0.433 e. The van der Waals surface area contributed by atoms with E-state index in [0.29, 0.717) is 0 Å². The zero-order chi connectivity index (χ0) is 12.9. The van der Waals surface area contributed by atoms with Crippen LogP contribution in [0.25, 0.3) is 0 Å². The molecular formula is C10H7F3N2O2. The summed E-state index contributed by atoms with van der Waals surface area (Å²) in [6.45, 7) is 0. The van der Waals surface area contributed by atoms with Gasteiger partial charge in [0.2, 0.25) is 5.82 Å². The van der Waals surface area contributed by atoms with E-state index in [1.54, 1.807) is 0 Å². The van der Waals surface area contributed by atoms with Gasteiger partial charge in [-0.3, -0.25) is 4.79 Å². The summed E-state index contributed by atoms with van der Waals surface area (Å²) in [5.74, 6) is 3.37. The van der Waals surface area contributed by atoms with Gasteiger partial charge in [0.25, 0.3) is 0 Å². The number of nitrogens with zero attached hydrogens (tertiary/aromatic N) is 2. The number of rotatable bonds is 2. The van der Waals surface area contributed by atoms with Gasteiger partial charge < -0.3 is 5.11 Å². The molecule has 0 radical (unpaired) electrons. The molecule has 0 unspecified atom stereocenters. The fourth-order valence-corrected chi connectivity index (χ4v) is 0.888. The average Bonchev–Trinajstić information content (AvgIpc) is 2.23. The molecule has 0 aliphatic heterocycles. The molecule has 1 heterocycles. The van der Waals surface area contributed by atoms with Gasteiger partial charge in [0.05, 0.1) is 6.42 Å². The van der Waals surface area contributed by atoms with Gasteiger partial charge in [-0.1, -0.05) is 5.92 Å². The standard InChI is InChI=1S/C10H7F3N2O2/c11-10(12,13)7-5-6-14-8(15-7)3-1-2-4-9(16)17/h5-6H,2,4H2,(H,16,17). The second-order valence-corrected chi connectivity index (χ2v) is 2.96. The van der Waals surface area contributed by atoms with Crippen LogP contribution in [0.2, 0.25) is 0 Å². The van der Waals surface area contributed by atoms with Crippen LogP contribution in [-0.4, -0.2) is 21.0 Å². The SMILES string of the molecule is O=C(O)CCC#Cc1nccc(C(F)(F)F)n1. The third-order valence-electron chi connectivity index (χ3n) is 1.61. The van der Waals surface area contributed by atoms with Gasteiger partial charge in [-0.05, 0) is 12.0 Å². The van der Waals surface area contributed by atoms with Gasteiger partial charge >= 0.3 is 12.1 Å². The zero-order valence-electron chi connectivity index (χ0n) is 8.45. The highest BCUT2D eigenvalue weighted by molar-refractivity contribution is 5.67. The summed E-state index contributed by atoms with van der Waals surface area (Å²) in [6, 6.07) is 0.739. The molecule has 7 heteroatoms. The van der Waals surface area contributed by atoms with Crippen LogP contribution in [-0.2, 0) is 11.0 Å². The molecule has 0 bridgehead atoms. The van der Waals surface area contributed by atoms with Crippen LogP contribution in [0.4, 0.5) is 13.2 Å². The van der Waals surface area contributed by atoms with Crippen molar-refractivity contribution >= 4 is 5.97 Å². The monoisotopic (exact) mass is 244 g/mol.